The number of anilines is 1. The third-order valence-electron chi connectivity index (χ3n) is 6.93. The Hall–Kier alpha value is -2.64. The van der Waals surface area contributed by atoms with Crippen LogP contribution in [-0.4, -0.2) is 59.4 Å². The fourth-order valence-electron chi connectivity index (χ4n) is 4.91. The van der Waals surface area contributed by atoms with Crippen molar-refractivity contribution in [3.63, 3.8) is 0 Å². The summed E-state index contributed by atoms with van der Waals surface area (Å²) < 4.78 is 11.9. The molecule has 3 heterocycles. The molecule has 0 amide bonds. The van der Waals surface area contributed by atoms with Gasteiger partial charge in [-0.2, -0.15) is 0 Å². The summed E-state index contributed by atoms with van der Waals surface area (Å²) in [5.41, 5.74) is 3.26. The van der Waals surface area contributed by atoms with E-state index in [1.54, 1.807) is 0 Å². The molecule has 7 nitrogen and oxygen atoms in total. The second-order valence-corrected chi connectivity index (χ2v) is 9.70. The average molecular weight is 466 g/mol. The van der Waals surface area contributed by atoms with Crippen molar-refractivity contribution in [3.05, 3.63) is 53.2 Å². The van der Waals surface area contributed by atoms with Gasteiger partial charge in [-0.25, -0.2) is 4.98 Å². The van der Waals surface area contributed by atoms with Crippen molar-refractivity contribution in [2.75, 3.05) is 31.6 Å². The van der Waals surface area contributed by atoms with Gasteiger partial charge < -0.3 is 19.9 Å². The Morgan fingerprint density at radius 1 is 1.12 bits per heavy atom. The Balaban J connectivity index is 1.05. The van der Waals surface area contributed by atoms with E-state index < -0.39 is 12.0 Å². The summed E-state index contributed by atoms with van der Waals surface area (Å²) in [6.07, 6.45) is 8.77. The smallest absolute Gasteiger partial charge is 0.325 e. The summed E-state index contributed by atoms with van der Waals surface area (Å²) in [5.74, 6) is 1.06. The number of carbonyl (C=O) groups is 1. The van der Waals surface area contributed by atoms with Crippen molar-refractivity contribution >= 4 is 11.8 Å². The zero-order chi connectivity index (χ0) is 23.3. The predicted octanol–water partition coefficient (Wildman–Crippen LogP) is 4.22. The van der Waals surface area contributed by atoms with E-state index in [-0.39, 0.29) is 6.10 Å². The number of hydrogen-bond acceptors (Lipinski definition) is 6. The molecule has 5 rings (SSSR count). The van der Waals surface area contributed by atoms with Crippen molar-refractivity contribution in [3.8, 4) is 5.75 Å². The number of pyridine rings is 1. The number of benzene rings is 1. The van der Waals surface area contributed by atoms with Crippen LogP contribution in [0.15, 0.2) is 36.4 Å². The minimum atomic E-state index is -0.816. The van der Waals surface area contributed by atoms with Crippen LogP contribution >= 0.6 is 0 Å². The molecule has 0 bridgehead atoms. The van der Waals surface area contributed by atoms with Gasteiger partial charge in [0.15, 0.2) is 0 Å². The summed E-state index contributed by atoms with van der Waals surface area (Å²) in [5, 5.41) is 13.3. The third kappa shape index (κ3) is 5.88. The van der Waals surface area contributed by atoms with Crippen LogP contribution in [0.4, 0.5) is 5.82 Å². The van der Waals surface area contributed by atoms with Crippen LogP contribution < -0.4 is 10.1 Å². The van der Waals surface area contributed by atoms with Crippen LogP contribution in [0.3, 0.4) is 0 Å². The van der Waals surface area contributed by atoms with E-state index in [2.05, 4.69) is 17.4 Å². The van der Waals surface area contributed by atoms with Crippen molar-refractivity contribution < 1.29 is 19.4 Å². The van der Waals surface area contributed by atoms with Crippen molar-refractivity contribution in [1.82, 2.24) is 9.88 Å². The maximum Gasteiger partial charge on any atom is 0.325 e. The number of likely N-dealkylation sites (tertiary alicyclic amines) is 1. The van der Waals surface area contributed by atoms with Gasteiger partial charge in [-0.15, -0.1) is 0 Å². The fraction of sp³-hybridized carbons (Fsp3) is 0.556. The molecule has 7 heteroatoms. The number of aliphatic carboxylic acids is 1. The first-order valence-electron chi connectivity index (χ1n) is 12.7. The molecule has 34 heavy (non-hydrogen) atoms. The quantitative estimate of drug-likeness (QED) is 0.481. The molecule has 182 valence electrons. The van der Waals surface area contributed by atoms with Gasteiger partial charge in [0.1, 0.15) is 17.6 Å². The van der Waals surface area contributed by atoms with Crippen LogP contribution in [0.1, 0.15) is 61.4 Å². The van der Waals surface area contributed by atoms with Crippen molar-refractivity contribution in [2.45, 2.75) is 69.6 Å². The van der Waals surface area contributed by atoms with E-state index in [0.29, 0.717) is 19.3 Å². The highest BCUT2D eigenvalue weighted by atomic mass is 16.5. The lowest BCUT2D eigenvalue weighted by Crippen LogP contribution is -2.33. The van der Waals surface area contributed by atoms with Crippen molar-refractivity contribution in [2.24, 2.45) is 0 Å². The van der Waals surface area contributed by atoms with Gasteiger partial charge in [-0.1, -0.05) is 18.2 Å². The molecule has 2 atom stereocenters. The number of nitrogens with zero attached hydrogens (tertiary/aromatic N) is 2. The summed E-state index contributed by atoms with van der Waals surface area (Å²) in [4.78, 5) is 18.9. The Kier molecular flexibility index (Phi) is 7.30. The van der Waals surface area contributed by atoms with Gasteiger partial charge in [-0.3, -0.25) is 9.69 Å². The SMILES string of the molecule is O=C(O)[C@@H](c1ccc(OC2CC2)cc1)N1CC[C@@H](OCCCCc2ccc3c(n2)NCCC3)C1. The normalized spacial score (nSPS) is 21.0. The number of aromatic nitrogens is 1. The molecule has 0 spiro atoms. The highest BCUT2D eigenvalue weighted by molar-refractivity contribution is 5.75. The van der Waals surface area contributed by atoms with Crippen LogP contribution in [-0.2, 0) is 22.4 Å². The first kappa shape index (κ1) is 23.1. The Morgan fingerprint density at radius 3 is 2.76 bits per heavy atom. The first-order chi connectivity index (χ1) is 16.7. The molecule has 3 aliphatic rings. The number of aryl methyl sites for hydroxylation is 2. The molecule has 0 unspecified atom stereocenters. The van der Waals surface area contributed by atoms with Crippen LogP contribution in [0.25, 0.3) is 0 Å². The monoisotopic (exact) mass is 465 g/mol. The average Bonchev–Trinajstić information content (AvgIpc) is 3.55. The number of ether oxygens (including phenoxy) is 2. The summed E-state index contributed by atoms with van der Waals surface area (Å²) in [7, 11) is 0. The topological polar surface area (TPSA) is 83.9 Å². The summed E-state index contributed by atoms with van der Waals surface area (Å²) >= 11 is 0. The lowest BCUT2D eigenvalue weighted by Gasteiger charge is -2.24. The zero-order valence-corrected chi connectivity index (χ0v) is 19.7. The van der Waals surface area contributed by atoms with Gasteiger partial charge in [0.2, 0.25) is 0 Å². The van der Waals surface area contributed by atoms with Gasteiger partial charge in [-0.05, 0) is 80.7 Å². The summed E-state index contributed by atoms with van der Waals surface area (Å²) in [6, 6.07) is 11.3. The minimum Gasteiger partial charge on any atom is -0.490 e. The first-order valence-corrected chi connectivity index (χ1v) is 12.7. The molecule has 2 aromatic rings. The van der Waals surface area contributed by atoms with Crippen LogP contribution in [0.5, 0.6) is 5.75 Å². The highest BCUT2D eigenvalue weighted by Crippen LogP contribution is 2.30. The van der Waals surface area contributed by atoms with E-state index >= 15 is 0 Å². The maximum atomic E-state index is 12.1. The zero-order valence-electron chi connectivity index (χ0n) is 19.7. The maximum absolute atomic E-state index is 12.1. The van der Waals surface area contributed by atoms with E-state index in [0.717, 1.165) is 80.9 Å². The fourth-order valence-corrected chi connectivity index (χ4v) is 4.91. The number of hydrogen-bond donors (Lipinski definition) is 2. The molecule has 2 N–H and O–H groups in total. The number of carboxylic acids is 1. The number of carboxylic acid groups (broad SMARTS) is 1. The minimum absolute atomic E-state index is 0.0883. The van der Waals surface area contributed by atoms with E-state index in [1.807, 2.05) is 29.2 Å². The molecule has 2 fully saturated rings. The predicted molar refractivity (Wildman–Crippen MR) is 130 cm³/mol. The van der Waals surface area contributed by atoms with Crippen LogP contribution in [0.2, 0.25) is 0 Å². The van der Waals surface area contributed by atoms with E-state index in [4.69, 9.17) is 14.5 Å². The molecular weight excluding hydrogens is 430 g/mol. The van der Waals surface area contributed by atoms with E-state index in [1.165, 1.54) is 12.0 Å². The standard InChI is InChI=1S/C27H35N3O4/c31-27(32)25(19-7-10-22(11-8-19)34-23-12-13-23)30-16-14-24(18-30)33-17-2-1-5-21-9-6-20-4-3-15-28-26(20)29-21/h6-11,23-25H,1-5,12-18H2,(H,28,29)(H,31,32)/t24-,25-/m1/s1. The van der Waals surface area contributed by atoms with Crippen molar-refractivity contribution in [1.29, 1.82) is 0 Å². The molecule has 1 aromatic carbocycles. The lowest BCUT2D eigenvalue weighted by atomic mass is 10.1. The number of nitrogens with one attached hydrogen (secondary N) is 1. The third-order valence-corrected chi connectivity index (χ3v) is 6.93. The second-order valence-electron chi connectivity index (χ2n) is 9.70. The van der Waals surface area contributed by atoms with Gasteiger partial charge in [0.25, 0.3) is 0 Å². The molecule has 0 radical (unpaired) electrons. The van der Waals surface area contributed by atoms with Gasteiger partial charge in [0, 0.05) is 31.9 Å². The Labute approximate surface area is 201 Å². The number of unbranched alkanes of at least 4 members (excludes halogenated alkanes) is 1. The van der Waals surface area contributed by atoms with Gasteiger partial charge >= 0.3 is 5.97 Å². The molecule has 1 saturated carbocycles. The lowest BCUT2D eigenvalue weighted by molar-refractivity contribution is -0.143. The Bertz CT molecular complexity index is 976. The van der Waals surface area contributed by atoms with E-state index in [9.17, 15) is 9.90 Å². The number of rotatable bonds is 11. The van der Waals surface area contributed by atoms with Gasteiger partial charge in [0.05, 0.1) is 12.2 Å². The van der Waals surface area contributed by atoms with Crippen LogP contribution in [0, 0.1) is 0 Å². The molecule has 1 aliphatic carbocycles. The molecule has 2 aliphatic heterocycles. The Morgan fingerprint density at radius 2 is 1.97 bits per heavy atom. The molecule has 1 saturated heterocycles. The number of fused-ring (bicyclic) bond motifs is 1. The highest BCUT2D eigenvalue weighted by Gasteiger charge is 2.34. The molecular formula is C27H35N3O4. The second kappa shape index (κ2) is 10.7. The molecule has 1 aromatic heterocycles. The summed E-state index contributed by atoms with van der Waals surface area (Å²) in [6.45, 7) is 3.09. The largest absolute Gasteiger partial charge is 0.490 e.